The Bertz CT molecular complexity index is 1530. The second kappa shape index (κ2) is 84.2. The summed E-state index contributed by atoms with van der Waals surface area (Å²) >= 11 is 0. The quantitative estimate of drug-likeness (QED) is 0.0200. The number of aliphatic hydroxyl groups excluding tert-OH is 2. The average Bonchev–Trinajstić information content (AvgIpc) is 3.64. The topological polar surface area (TPSA) is 396 Å². The first-order valence-electron chi connectivity index (χ1n) is 27.4. The Morgan fingerprint density at radius 1 is 0.378 bits per heavy atom. The number of nitrogens with one attached hydrogen (secondary N) is 4. The number of hydrogen-bond donors (Lipinski definition) is 10. The maximum absolute atomic E-state index is 11.9. The van der Waals surface area contributed by atoms with Crippen LogP contribution in [-0.2, 0) is 76.4 Å². The summed E-state index contributed by atoms with van der Waals surface area (Å²) in [6, 6.07) is 4.43. The van der Waals surface area contributed by atoms with Crippen molar-refractivity contribution in [3.05, 3.63) is 0 Å². The molecule has 0 rings (SSSR count). The molecule has 0 heterocycles. The van der Waals surface area contributed by atoms with Gasteiger partial charge in [-0.05, 0) is 56.0 Å². The van der Waals surface area contributed by atoms with E-state index in [1.54, 1.807) is 7.11 Å². The molecule has 90 heavy (non-hydrogen) atoms. The van der Waals surface area contributed by atoms with Crippen molar-refractivity contribution >= 4 is 77.2 Å². The van der Waals surface area contributed by atoms with Gasteiger partial charge in [0.1, 0.15) is 39.8 Å². The van der Waals surface area contributed by atoms with Gasteiger partial charge in [0, 0.05) is 65.8 Å². The summed E-state index contributed by atoms with van der Waals surface area (Å²) in [6.45, 7) is 14.5. The first kappa shape index (κ1) is 119. The van der Waals surface area contributed by atoms with Crippen LogP contribution >= 0.6 is 0 Å². The normalized spacial score (nSPS) is 10.9. The van der Waals surface area contributed by atoms with E-state index in [0.717, 1.165) is 75.7 Å². The predicted molar refractivity (Wildman–Crippen MR) is 369 cm³/mol. The zero-order valence-corrected chi connectivity index (χ0v) is 50.2. The Hall–Kier alpha value is -4.79. The zero-order valence-electron chi connectivity index (χ0n) is 48.2. The molecule has 0 bridgehead atoms. The van der Waals surface area contributed by atoms with Gasteiger partial charge in [0.15, 0.2) is 0 Å². The van der Waals surface area contributed by atoms with Gasteiger partial charge in [0.25, 0.3) is 0 Å². The van der Waals surface area contributed by atoms with Crippen molar-refractivity contribution in [3.8, 4) is 0 Å². The molecule has 28 heteroatoms. The average molecular weight is 1350 g/mol. The van der Waals surface area contributed by atoms with Gasteiger partial charge in [-0.25, -0.2) is 0 Å². The number of ether oxygens (including phenoxy) is 6. The van der Waals surface area contributed by atoms with Gasteiger partial charge in [-0.2, -0.15) is 0 Å². The lowest BCUT2D eigenvalue weighted by atomic mass is 10.1. The lowest BCUT2D eigenvalue weighted by Crippen LogP contribution is -2.43. The van der Waals surface area contributed by atoms with Crippen LogP contribution in [0.5, 0.6) is 0 Å². The molecular weight excluding hydrogens is 1210 g/mol. The van der Waals surface area contributed by atoms with Crippen LogP contribution in [0.25, 0.3) is 0 Å². The third kappa shape index (κ3) is 77.5. The third-order valence-corrected chi connectivity index (χ3v) is 23.9. The van der Waals surface area contributed by atoms with Crippen molar-refractivity contribution in [1.82, 2.24) is 21.3 Å². The Labute approximate surface area is 548 Å². The number of aliphatic hydroxyl groups is 2. The minimum atomic E-state index is -2.06. The molecule has 0 aromatic carbocycles. The van der Waals surface area contributed by atoms with E-state index in [4.69, 9.17) is 58.4 Å². The summed E-state index contributed by atoms with van der Waals surface area (Å²) in [5.74, 6) is -5.67. The van der Waals surface area contributed by atoms with Gasteiger partial charge in [-0.3, -0.25) is 38.4 Å². The van der Waals surface area contributed by atoms with Crippen LogP contribution in [-0.4, -0.2) is 227 Å². The molecule has 2 unspecified atom stereocenters. The van der Waals surface area contributed by atoms with Crippen molar-refractivity contribution in [2.45, 2.75) is 226 Å². The van der Waals surface area contributed by atoms with Gasteiger partial charge >= 0.3 is 23.9 Å². The minimum Gasteiger partial charge on any atom is -0.480 e. The molecule has 0 spiro atoms. The second-order valence-corrected chi connectivity index (χ2v) is 29.4. The molecule has 0 aromatic rings. The van der Waals surface area contributed by atoms with E-state index in [1.807, 2.05) is 13.6 Å². The monoisotopic (exact) mass is 1350 g/mol. The summed E-state index contributed by atoms with van der Waals surface area (Å²) in [7, 11) is -1.95. The number of aliphatic carboxylic acids is 4. The number of carboxylic acids is 4. The SMILES string of the molecule is C.C.C.C.C.C.C.C.C.C.C=O.C=O.CCCC[Si](C)(C(CCO)CCCC(=O)NCC(=O)O)C(CCO)CCCC(=O)NCC(=O)O.COCCOCCC[Si](C)(CCCOCCOCCC(=O)NCC(=O)O)CCCOCCOCCC(=O)NCC(=O)O. The highest BCUT2D eigenvalue weighted by atomic mass is 28.3. The number of carboxylic acid groups (broad SMARTS) is 4. The molecule has 2 atom stereocenters. The Morgan fingerprint density at radius 2 is 0.644 bits per heavy atom. The summed E-state index contributed by atoms with van der Waals surface area (Å²) in [4.78, 5) is 105. The van der Waals surface area contributed by atoms with E-state index >= 15 is 0 Å². The first-order chi connectivity index (χ1) is 38.3. The van der Waals surface area contributed by atoms with Crippen molar-refractivity contribution in [2.75, 3.05) is 119 Å². The van der Waals surface area contributed by atoms with Crippen molar-refractivity contribution < 1.29 is 107 Å². The molecule has 10 N–H and O–H groups in total. The van der Waals surface area contributed by atoms with E-state index in [9.17, 15) is 48.6 Å². The number of carbonyl (C=O) groups excluding carboxylic acids is 6. The lowest BCUT2D eigenvalue weighted by molar-refractivity contribution is -0.138. The molecule has 4 amide bonds. The molecule has 0 aliphatic rings. The van der Waals surface area contributed by atoms with Gasteiger partial charge in [0.2, 0.25) is 23.6 Å². The summed E-state index contributed by atoms with van der Waals surface area (Å²) < 4.78 is 32.8. The van der Waals surface area contributed by atoms with Crippen LogP contribution in [0.4, 0.5) is 0 Å². The molecule has 0 fully saturated rings. The molecule has 0 saturated heterocycles. The minimum absolute atomic E-state index is 0. The highest BCUT2D eigenvalue weighted by molar-refractivity contribution is 6.81. The van der Waals surface area contributed by atoms with Gasteiger partial charge < -0.3 is 89.9 Å². The summed E-state index contributed by atoms with van der Waals surface area (Å²) in [5.41, 5.74) is 0.461. The van der Waals surface area contributed by atoms with Crippen LogP contribution in [0.3, 0.4) is 0 Å². The van der Waals surface area contributed by atoms with Crippen LogP contribution in [0.15, 0.2) is 0 Å². The number of carbonyl (C=O) groups is 10. The van der Waals surface area contributed by atoms with E-state index in [1.165, 1.54) is 0 Å². The van der Waals surface area contributed by atoms with Crippen molar-refractivity contribution in [2.24, 2.45) is 0 Å². The highest BCUT2D eigenvalue weighted by Gasteiger charge is 2.41. The highest BCUT2D eigenvalue weighted by Crippen LogP contribution is 2.46. The molecular formula is C62H140N4O22Si2. The largest absolute Gasteiger partial charge is 0.480 e. The Kier molecular flexibility index (Phi) is 112. The van der Waals surface area contributed by atoms with E-state index in [0.29, 0.717) is 78.5 Å². The van der Waals surface area contributed by atoms with E-state index in [2.05, 4.69) is 41.3 Å². The van der Waals surface area contributed by atoms with Gasteiger partial charge in [-0.15, -0.1) is 0 Å². The molecule has 26 nitrogen and oxygen atoms in total. The van der Waals surface area contributed by atoms with Crippen LogP contribution in [0, 0.1) is 0 Å². The molecule has 0 saturated carbocycles. The zero-order chi connectivity index (χ0) is 61.3. The second-order valence-electron chi connectivity index (χ2n) is 19.2. The number of methoxy groups -OCH3 is 1. The lowest BCUT2D eigenvalue weighted by Gasteiger charge is -2.43. The molecule has 0 aromatic heterocycles. The Balaban J connectivity index is -0.0000000929. The fraction of sp³-hybridized carbons (Fsp3) is 0.839. The number of hydrogen-bond acceptors (Lipinski definition) is 18. The standard InChI is InChI=1S/C27H52N2O12Si.C23H44N2O8Si.2CH2O.10CH4/c1-36-13-14-37-8-3-19-42(2,20-4-9-38-15-17-40-11-6-24(30)28-22-26(32)33)21-5-10-39-16-18-41-12-7-25(31)29-23-27(34)35;1-3-4-15-34(2,18(11-13-26)7-5-9-20(28)24-16-22(30)31)19(12-14-27)8-6-10-21(29)25-17-23(32)33;2*1-2;;;;;;;;;;/h3-23H2,1-2H3,(H,28,30)(H,29,31)(H,32,33)(H,34,35);18-19,26-27H,3-17H2,1-2H3,(H,24,28)(H,25,29)(H,30,31)(H,32,33);2*1H2;10*1H4. The first-order valence-corrected chi connectivity index (χ1v) is 33.4. The number of unbranched alkanes of at least 4 members (excludes halogenated alkanes) is 1. The van der Waals surface area contributed by atoms with Crippen LogP contribution in [0.2, 0.25) is 48.4 Å². The summed E-state index contributed by atoms with van der Waals surface area (Å²) in [6.07, 6.45) is 9.55. The predicted octanol–water partition coefficient (Wildman–Crippen LogP) is 9.25. The van der Waals surface area contributed by atoms with E-state index in [-0.39, 0.29) is 161 Å². The van der Waals surface area contributed by atoms with Crippen molar-refractivity contribution in [3.63, 3.8) is 0 Å². The van der Waals surface area contributed by atoms with Gasteiger partial charge in [0.05, 0.1) is 69.0 Å². The fourth-order valence-electron chi connectivity index (χ4n) is 8.68. The van der Waals surface area contributed by atoms with Gasteiger partial charge in [-0.1, -0.05) is 144 Å². The molecule has 548 valence electrons. The maximum Gasteiger partial charge on any atom is 0.322 e. The van der Waals surface area contributed by atoms with Crippen LogP contribution in [0.1, 0.15) is 178 Å². The summed E-state index contributed by atoms with van der Waals surface area (Å²) in [5, 5.41) is 63.3. The third-order valence-electron chi connectivity index (χ3n) is 12.9. The van der Waals surface area contributed by atoms with Crippen LogP contribution < -0.4 is 21.3 Å². The molecule has 0 aliphatic carbocycles. The molecule has 0 aliphatic heterocycles. The number of amides is 4. The van der Waals surface area contributed by atoms with Crippen molar-refractivity contribution in [1.29, 1.82) is 0 Å². The number of rotatable bonds is 52. The fourth-order valence-corrected chi connectivity index (χ4v) is 18.3. The van der Waals surface area contributed by atoms with E-state index < -0.39 is 66.2 Å². The Morgan fingerprint density at radius 3 is 0.900 bits per heavy atom. The smallest absolute Gasteiger partial charge is 0.322 e. The molecule has 0 radical (unpaired) electrons. The maximum atomic E-state index is 11.9.